The van der Waals surface area contributed by atoms with E-state index in [4.69, 9.17) is 0 Å². The van der Waals surface area contributed by atoms with E-state index in [0.29, 0.717) is 37.4 Å². The van der Waals surface area contributed by atoms with Gasteiger partial charge in [-0.3, -0.25) is 19.7 Å². The van der Waals surface area contributed by atoms with Crippen LogP contribution in [-0.2, 0) is 4.79 Å². The number of amides is 4. The Morgan fingerprint density at radius 2 is 1.57 bits per heavy atom. The summed E-state index contributed by atoms with van der Waals surface area (Å²) in [6.07, 6.45) is 2.62. The first-order chi connectivity index (χ1) is 16.9. The first-order valence-electron chi connectivity index (χ1n) is 11.9. The number of carbonyl (C=O) groups is 3. The quantitative estimate of drug-likeness (QED) is 0.489. The largest absolute Gasteiger partial charge is 0.335 e. The lowest BCUT2D eigenvalue weighted by molar-refractivity contribution is -0.523. The molecule has 0 spiro atoms. The molecule has 0 atom stereocenters. The molecular weight excluding hydrogens is 450 g/mol. The summed E-state index contributed by atoms with van der Waals surface area (Å²) in [7, 11) is 0. The van der Waals surface area contributed by atoms with Gasteiger partial charge in [0.15, 0.2) is 0 Å². The second-order valence-corrected chi connectivity index (χ2v) is 9.40. The van der Waals surface area contributed by atoms with Crippen molar-refractivity contribution in [2.75, 3.05) is 31.5 Å². The summed E-state index contributed by atoms with van der Waals surface area (Å²) >= 11 is 0. The number of hydrogen-bond donors (Lipinski definition) is 2. The van der Waals surface area contributed by atoms with Gasteiger partial charge in [-0.05, 0) is 48.2 Å². The zero-order valence-electron chi connectivity index (χ0n) is 19.2. The maximum atomic E-state index is 13.0. The maximum absolute atomic E-state index is 13.0. The van der Waals surface area contributed by atoms with E-state index in [0.717, 1.165) is 24.0 Å². The number of hydrogen-bond acceptors (Lipinski definition) is 5. The van der Waals surface area contributed by atoms with E-state index in [1.165, 1.54) is 4.90 Å². The molecule has 0 unspecified atom stereocenters. The van der Waals surface area contributed by atoms with Crippen molar-refractivity contribution in [1.29, 1.82) is 0 Å². The summed E-state index contributed by atoms with van der Waals surface area (Å²) in [4.78, 5) is 51.5. The summed E-state index contributed by atoms with van der Waals surface area (Å²) in [5.41, 5.74) is 1.63. The minimum absolute atomic E-state index is 0.133. The summed E-state index contributed by atoms with van der Waals surface area (Å²) in [6, 6.07) is 14.9. The van der Waals surface area contributed by atoms with Crippen molar-refractivity contribution in [2.24, 2.45) is 0 Å². The van der Waals surface area contributed by atoms with Crippen LogP contribution in [0.2, 0.25) is 0 Å². The molecule has 1 aliphatic heterocycles. The van der Waals surface area contributed by atoms with Crippen LogP contribution in [0.4, 0.5) is 10.5 Å². The lowest BCUT2D eigenvalue weighted by Crippen LogP contribution is -2.54. The number of rotatable bonds is 6. The Bertz CT molecular complexity index is 1170. The number of nitro groups is 1. The summed E-state index contributed by atoms with van der Waals surface area (Å²) in [6.45, 7) is 1.28. The highest BCUT2D eigenvalue weighted by molar-refractivity contribution is 5.95. The van der Waals surface area contributed by atoms with Gasteiger partial charge in [0.1, 0.15) is 0 Å². The van der Waals surface area contributed by atoms with Crippen LogP contribution in [0.5, 0.6) is 0 Å². The summed E-state index contributed by atoms with van der Waals surface area (Å²) in [5, 5.41) is 17.0. The van der Waals surface area contributed by atoms with Gasteiger partial charge in [0.2, 0.25) is 0 Å². The lowest BCUT2D eigenvalue weighted by Gasteiger charge is -2.35. The lowest BCUT2D eigenvalue weighted by atomic mass is 10.0. The molecule has 5 rings (SSSR count). The van der Waals surface area contributed by atoms with E-state index < -0.39 is 16.4 Å². The molecule has 35 heavy (non-hydrogen) atoms. The molecule has 2 aromatic rings. The average Bonchev–Trinajstić information content (AvgIpc) is 3.79. The van der Waals surface area contributed by atoms with Crippen LogP contribution in [0.1, 0.15) is 36.0 Å². The Hall–Kier alpha value is -3.95. The van der Waals surface area contributed by atoms with Gasteiger partial charge >= 0.3 is 11.9 Å². The molecule has 2 aromatic carbocycles. The van der Waals surface area contributed by atoms with Crippen LogP contribution in [0, 0.1) is 10.1 Å². The second-order valence-electron chi connectivity index (χ2n) is 9.40. The Balaban J connectivity index is 1.18. The molecule has 10 nitrogen and oxygen atoms in total. The number of urea groups is 1. The zero-order valence-corrected chi connectivity index (χ0v) is 19.2. The molecule has 10 heteroatoms. The molecule has 3 fully saturated rings. The minimum Gasteiger partial charge on any atom is -0.335 e. The van der Waals surface area contributed by atoms with E-state index >= 15 is 0 Å². The van der Waals surface area contributed by atoms with E-state index in [-0.39, 0.29) is 30.8 Å². The number of piperazine rings is 1. The van der Waals surface area contributed by atoms with Crippen molar-refractivity contribution in [3.05, 3.63) is 64.2 Å². The Labute approximate surface area is 202 Å². The normalized spacial score (nSPS) is 18.5. The van der Waals surface area contributed by atoms with Crippen molar-refractivity contribution in [3.63, 3.8) is 0 Å². The van der Waals surface area contributed by atoms with Gasteiger partial charge in [-0.2, -0.15) is 0 Å². The SMILES string of the molecule is O=C(Nc1cccc(-c2ccc(C(=O)N3CCN(C(=O)C4([N+](=O)[O-])CC4)CC3)cc2)c1)NC1CC1. The smallest absolute Gasteiger partial charge is 0.319 e. The van der Waals surface area contributed by atoms with E-state index in [2.05, 4.69) is 10.6 Å². The van der Waals surface area contributed by atoms with Gasteiger partial charge < -0.3 is 20.4 Å². The van der Waals surface area contributed by atoms with Crippen molar-refractivity contribution in [3.8, 4) is 11.1 Å². The van der Waals surface area contributed by atoms with Gasteiger partial charge in [-0.15, -0.1) is 0 Å². The van der Waals surface area contributed by atoms with Gasteiger partial charge in [0.05, 0.1) is 0 Å². The Morgan fingerprint density at radius 1 is 0.914 bits per heavy atom. The highest BCUT2D eigenvalue weighted by Gasteiger charge is 2.64. The fourth-order valence-electron chi connectivity index (χ4n) is 4.34. The second kappa shape index (κ2) is 9.01. The standard InChI is InChI=1S/C25H27N5O5/c31-22(28-12-14-29(15-13-28)23(32)25(10-11-25)30(34)35)18-6-4-17(5-7-18)19-2-1-3-21(16-19)27-24(33)26-20-8-9-20/h1-7,16,20H,8-15H2,(H2,26,27,33). The highest BCUT2D eigenvalue weighted by atomic mass is 16.6. The number of nitrogens with one attached hydrogen (secondary N) is 2. The predicted molar refractivity (Wildman–Crippen MR) is 128 cm³/mol. The topological polar surface area (TPSA) is 125 Å². The third-order valence-electron chi connectivity index (χ3n) is 6.82. The van der Waals surface area contributed by atoms with Crippen LogP contribution in [-0.4, -0.2) is 70.3 Å². The number of nitrogens with zero attached hydrogens (tertiary/aromatic N) is 3. The first kappa shape index (κ1) is 22.8. The minimum atomic E-state index is -1.43. The molecule has 2 saturated carbocycles. The number of anilines is 1. The van der Waals surface area contributed by atoms with Gasteiger partial charge in [0, 0.05) is 61.2 Å². The third kappa shape index (κ3) is 4.82. The molecule has 2 aliphatic carbocycles. The molecule has 3 aliphatic rings. The average molecular weight is 478 g/mol. The third-order valence-corrected chi connectivity index (χ3v) is 6.82. The van der Waals surface area contributed by atoms with E-state index in [1.54, 1.807) is 17.0 Å². The van der Waals surface area contributed by atoms with Crippen LogP contribution < -0.4 is 10.6 Å². The fourth-order valence-corrected chi connectivity index (χ4v) is 4.34. The molecule has 1 saturated heterocycles. The van der Waals surface area contributed by atoms with Crippen LogP contribution >= 0.6 is 0 Å². The van der Waals surface area contributed by atoms with E-state index in [1.807, 2.05) is 36.4 Å². The predicted octanol–water partition coefficient (Wildman–Crippen LogP) is 2.73. The number of carbonyl (C=O) groups excluding carboxylic acids is 3. The van der Waals surface area contributed by atoms with Gasteiger partial charge in [-0.25, -0.2) is 4.79 Å². The molecule has 1 heterocycles. The maximum Gasteiger partial charge on any atom is 0.319 e. The van der Waals surface area contributed by atoms with Crippen LogP contribution in [0.3, 0.4) is 0 Å². The Morgan fingerprint density at radius 3 is 2.17 bits per heavy atom. The number of benzene rings is 2. The molecule has 0 bridgehead atoms. The molecular formula is C25H27N5O5. The van der Waals surface area contributed by atoms with Crippen LogP contribution in [0.25, 0.3) is 11.1 Å². The van der Waals surface area contributed by atoms with Gasteiger partial charge in [0.25, 0.3) is 11.4 Å². The molecule has 182 valence electrons. The molecule has 2 N–H and O–H groups in total. The molecule has 4 amide bonds. The van der Waals surface area contributed by atoms with Crippen molar-refractivity contribution in [2.45, 2.75) is 37.3 Å². The molecule has 0 aromatic heterocycles. The monoisotopic (exact) mass is 477 g/mol. The highest BCUT2D eigenvalue weighted by Crippen LogP contribution is 2.40. The fraction of sp³-hybridized carbons (Fsp3) is 0.400. The van der Waals surface area contributed by atoms with Crippen molar-refractivity contribution in [1.82, 2.24) is 15.1 Å². The van der Waals surface area contributed by atoms with Gasteiger partial charge in [-0.1, -0.05) is 24.3 Å². The molecule has 0 radical (unpaired) electrons. The summed E-state index contributed by atoms with van der Waals surface area (Å²) < 4.78 is 0. The first-order valence-corrected chi connectivity index (χ1v) is 11.9. The summed E-state index contributed by atoms with van der Waals surface area (Å²) in [5.74, 6) is -0.563. The zero-order chi connectivity index (χ0) is 24.6. The van der Waals surface area contributed by atoms with E-state index in [9.17, 15) is 24.5 Å². The van der Waals surface area contributed by atoms with Crippen LogP contribution in [0.15, 0.2) is 48.5 Å². The van der Waals surface area contributed by atoms with Crippen molar-refractivity contribution >= 4 is 23.5 Å². The van der Waals surface area contributed by atoms with Crippen molar-refractivity contribution < 1.29 is 19.3 Å². The Kier molecular flexibility index (Phi) is 5.88.